The Labute approximate surface area is 112 Å². The second kappa shape index (κ2) is 4.42. The number of alkyl halides is 1. The summed E-state index contributed by atoms with van der Waals surface area (Å²) in [4.78, 5) is 0. The van der Waals surface area contributed by atoms with Gasteiger partial charge in [0.1, 0.15) is 5.75 Å². The summed E-state index contributed by atoms with van der Waals surface area (Å²) < 4.78 is 28.4. The minimum Gasteiger partial charge on any atom is -0.493 e. The van der Waals surface area contributed by atoms with Crippen LogP contribution in [0, 0.1) is 5.92 Å². The number of hydrogen-bond donors (Lipinski definition) is 0. The van der Waals surface area contributed by atoms with Crippen molar-refractivity contribution >= 4 is 21.4 Å². The van der Waals surface area contributed by atoms with E-state index in [1.165, 1.54) is 5.56 Å². The van der Waals surface area contributed by atoms with E-state index in [0.717, 1.165) is 24.3 Å². The Kier molecular flexibility index (Phi) is 3.02. The summed E-state index contributed by atoms with van der Waals surface area (Å²) in [5.41, 5.74) is 2.20. The topological polar surface area (TPSA) is 43.4 Å². The van der Waals surface area contributed by atoms with Gasteiger partial charge in [0, 0.05) is 6.42 Å². The Morgan fingerprint density at radius 3 is 2.94 bits per heavy atom. The molecule has 2 unspecified atom stereocenters. The second-order valence-electron chi connectivity index (χ2n) is 5.03. The molecule has 0 aliphatic carbocycles. The lowest BCUT2D eigenvalue weighted by Crippen LogP contribution is -2.10. The van der Waals surface area contributed by atoms with Crippen molar-refractivity contribution in [3.8, 4) is 5.75 Å². The molecule has 98 valence electrons. The van der Waals surface area contributed by atoms with E-state index in [9.17, 15) is 8.42 Å². The highest BCUT2D eigenvalue weighted by atomic mass is 35.5. The molecule has 5 heteroatoms. The molecule has 2 atom stereocenters. The third kappa shape index (κ3) is 2.24. The maximum atomic E-state index is 11.5. The van der Waals surface area contributed by atoms with Gasteiger partial charge in [-0.3, -0.25) is 0 Å². The Morgan fingerprint density at radius 2 is 2.22 bits per heavy atom. The van der Waals surface area contributed by atoms with Crippen molar-refractivity contribution in [2.24, 2.45) is 5.92 Å². The molecule has 2 aliphatic heterocycles. The average molecular weight is 287 g/mol. The zero-order chi connectivity index (χ0) is 12.8. The van der Waals surface area contributed by atoms with E-state index in [1.807, 2.05) is 12.1 Å². The minimum absolute atomic E-state index is 0.0389. The molecule has 0 spiro atoms. The van der Waals surface area contributed by atoms with Crippen LogP contribution in [-0.2, 0) is 16.3 Å². The molecule has 1 aromatic carbocycles. The molecule has 0 amide bonds. The van der Waals surface area contributed by atoms with Gasteiger partial charge in [0.05, 0.1) is 23.5 Å². The highest BCUT2D eigenvalue weighted by molar-refractivity contribution is 7.91. The fourth-order valence-corrected chi connectivity index (χ4v) is 5.00. The normalized spacial score (nSPS) is 26.6. The van der Waals surface area contributed by atoms with Gasteiger partial charge in [0.2, 0.25) is 0 Å². The first-order valence-corrected chi connectivity index (χ1v) is 8.41. The van der Waals surface area contributed by atoms with Crippen LogP contribution in [0.5, 0.6) is 5.75 Å². The number of sulfone groups is 1. The third-order valence-corrected chi connectivity index (χ3v) is 6.12. The molecule has 0 N–H and O–H groups in total. The van der Waals surface area contributed by atoms with Gasteiger partial charge in [-0.05, 0) is 29.5 Å². The van der Waals surface area contributed by atoms with Crippen molar-refractivity contribution in [1.82, 2.24) is 0 Å². The Morgan fingerprint density at radius 1 is 1.39 bits per heavy atom. The van der Waals surface area contributed by atoms with Gasteiger partial charge in [-0.25, -0.2) is 8.42 Å². The van der Waals surface area contributed by atoms with Crippen molar-refractivity contribution in [3.63, 3.8) is 0 Å². The molecule has 0 aromatic heterocycles. The van der Waals surface area contributed by atoms with E-state index in [-0.39, 0.29) is 22.8 Å². The zero-order valence-electron chi connectivity index (χ0n) is 9.93. The number of hydrogen-bond acceptors (Lipinski definition) is 3. The van der Waals surface area contributed by atoms with Crippen LogP contribution in [0.25, 0.3) is 0 Å². The number of ether oxygens (including phenoxy) is 1. The first kappa shape index (κ1) is 12.3. The Balaban J connectivity index is 1.83. The predicted octanol–water partition coefficient (Wildman–Crippen LogP) is 2.34. The molecule has 0 bridgehead atoms. The molecule has 3 nitrogen and oxygen atoms in total. The van der Waals surface area contributed by atoms with Crippen LogP contribution in [0.2, 0.25) is 0 Å². The van der Waals surface area contributed by atoms with Crippen LogP contribution in [0.15, 0.2) is 18.2 Å². The van der Waals surface area contributed by atoms with Gasteiger partial charge in [0.15, 0.2) is 9.84 Å². The summed E-state index contributed by atoms with van der Waals surface area (Å²) in [5, 5.41) is -0.215. The quantitative estimate of drug-likeness (QED) is 0.784. The van der Waals surface area contributed by atoms with Crippen LogP contribution < -0.4 is 4.74 Å². The minimum atomic E-state index is -2.87. The molecule has 1 aromatic rings. The molecule has 18 heavy (non-hydrogen) atoms. The monoisotopic (exact) mass is 286 g/mol. The lowest BCUT2D eigenvalue weighted by molar-refractivity contribution is 0.357. The van der Waals surface area contributed by atoms with Crippen LogP contribution in [0.1, 0.15) is 22.9 Å². The summed E-state index contributed by atoms with van der Waals surface area (Å²) in [6, 6.07) is 5.95. The van der Waals surface area contributed by atoms with Gasteiger partial charge >= 0.3 is 0 Å². The molecular weight excluding hydrogens is 272 g/mol. The maximum Gasteiger partial charge on any atom is 0.150 e. The molecule has 2 aliphatic rings. The fourth-order valence-electron chi connectivity index (χ4n) is 2.70. The average Bonchev–Trinajstić information content (AvgIpc) is 2.93. The summed E-state index contributed by atoms with van der Waals surface area (Å²) in [7, 11) is -2.87. The van der Waals surface area contributed by atoms with Gasteiger partial charge in [-0.2, -0.15) is 0 Å². The van der Waals surface area contributed by atoms with Crippen molar-refractivity contribution in [2.45, 2.75) is 18.2 Å². The molecule has 0 radical (unpaired) electrons. The number of halogens is 1. The lowest BCUT2D eigenvalue weighted by atomic mass is 9.96. The summed E-state index contributed by atoms with van der Waals surface area (Å²) in [6.07, 6.45) is 1.58. The van der Waals surface area contributed by atoms with E-state index in [1.54, 1.807) is 0 Å². The molecular formula is C13H15ClO3S. The van der Waals surface area contributed by atoms with Crippen LogP contribution >= 0.6 is 11.6 Å². The highest BCUT2D eigenvalue weighted by Gasteiger charge is 2.33. The highest BCUT2D eigenvalue weighted by Crippen LogP contribution is 2.38. The van der Waals surface area contributed by atoms with E-state index in [2.05, 4.69) is 6.07 Å². The molecule has 1 saturated heterocycles. The third-order valence-electron chi connectivity index (χ3n) is 3.71. The van der Waals surface area contributed by atoms with E-state index in [4.69, 9.17) is 16.3 Å². The molecule has 0 saturated carbocycles. The molecule has 3 rings (SSSR count). The van der Waals surface area contributed by atoms with Gasteiger partial charge in [-0.1, -0.05) is 12.1 Å². The van der Waals surface area contributed by atoms with Crippen molar-refractivity contribution < 1.29 is 13.2 Å². The van der Waals surface area contributed by atoms with E-state index in [0.29, 0.717) is 6.42 Å². The number of rotatable bonds is 2. The first-order chi connectivity index (χ1) is 8.55. The van der Waals surface area contributed by atoms with Gasteiger partial charge in [0.25, 0.3) is 0 Å². The lowest BCUT2D eigenvalue weighted by Gasteiger charge is -2.16. The largest absolute Gasteiger partial charge is 0.493 e. The smallest absolute Gasteiger partial charge is 0.150 e. The van der Waals surface area contributed by atoms with Crippen molar-refractivity contribution in [1.29, 1.82) is 0 Å². The van der Waals surface area contributed by atoms with E-state index >= 15 is 0 Å². The Hall–Kier alpha value is -0.740. The molecule has 1 fully saturated rings. The summed E-state index contributed by atoms with van der Waals surface area (Å²) in [6.45, 7) is 0.726. The van der Waals surface area contributed by atoms with E-state index < -0.39 is 9.84 Å². The number of fused-ring (bicyclic) bond motifs is 1. The SMILES string of the molecule is O=S1(=O)CCC(C(Cl)c2ccc3c(c2)CCO3)C1. The van der Waals surface area contributed by atoms with Gasteiger partial charge in [-0.15, -0.1) is 11.6 Å². The maximum absolute atomic E-state index is 11.5. The zero-order valence-corrected chi connectivity index (χ0v) is 11.5. The van der Waals surface area contributed by atoms with Crippen LogP contribution in [0.3, 0.4) is 0 Å². The summed E-state index contributed by atoms with van der Waals surface area (Å²) >= 11 is 6.44. The standard InChI is InChI=1S/C13H15ClO3S/c14-13(11-4-6-18(15,16)8-11)10-1-2-12-9(7-10)3-5-17-12/h1-2,7,11,13H,3-6,8H2. The first-order valence-electron chi connectivity index (χ1n) is 6.15. The van der Waals surface area contributed by atoms with Crippen LogP contribution in [0.4, 0.5) is 0 Å². The fraction of sp³-hybridized carbons (Fsp3) is 0.538. The summed E-state index contributed by atoms with van der Waals surface area (Å²) in [5.74, 6) is 1.46. The van der Waals surface area contributed by atoms with Crippen molar-refractivity contribution in [3.05, 3.63) is 29.3 Å². The number of benzene rings is 1. The molecule has 2 heterocycles. The van der Waals surface area contributed by atoms with Crippen molar-refractivity contribution in [2.75, 3.05) is 18.1 Å². The predicted molar refractivity (Wildman–Crippen MR) is 71.0 cm³/mol. The Bertz CT molecular complexity index is 568. The van der Waals surface area contributed by atoms with Crippen LogP contribution in [-0.4, -0.2) is 26.5 Å². The second-order valence-corrected chi connectivity index (χ2v) is 7.73. The van der Waals surface area contributed by atoms with Gasteiger partial charge < -0.3 is 4.74 Å².